The fourth-order valence-corrected chi connectivity index (χ4v) is 2.25. The molecular formula is C16H23ClN2O2. The summed E-state index contributed by atoms with van der Waals surface area (Å²) in [4.78, 5) is 24.1. The molecule has 1 atom stereocenters. The van der Waals surface area contributed by atoms with Gasteiger partial charge in [-0.1, -0.05) is 45.7 Å². The van der Waals surface area contributed by atoms with Gasteiger partial charge in [0.15, 0.2) is 0 Å². The predicted octanol–water partition coefficient (Wildman–Crippen LogP) is 3.56. The molecule has 0 fully saturated rings. The molecule has 0 saturated carbocycles. The molecule has 0 saturated heterocycles. The molecule has 21 heavy (non-hydrogen) atoms. The Kier molecular flexibility index (Phi) is 6.21. The molecular weight excluding hydrogens is 288 g/mol. The van der Waals surface area contributed by atoms with Crippen LogP contribution in [-0.2, 0) is 4.79 Å². The zero-order valence-corrected chi connectivity index (χ0v) is 13.8. The zero-order chi connectivity index (χ0) is 16.0. The third-order valence-electron chi connectivity index (χ3n) is 3.34. The summed E-state index contributed by atoms with van der Waals surface area (Å²) in [5.74, 6) is -0.663. The normalized spacial score (nSPS) is 12.6. The van der Waals surface area contributed by atoms with E-state index >= 15 is 0 Å². The standard InChI is InChI=1S/C16H23ClN2O2/c1-5-6-13(16(2,3)4)15(21)19-18-14(20)11-7-9-12(17)10-8-11/h7-10,13H,5-6H2,1-4H3,(H,18,20)(H,19,21). The van der Waals surface area contributed by atoms with Crippen LogP contribution in [0.4, 0.5) is 0 Å². The number of nitrogens with one attached hydrogen (secondary N) is 2. The molecule has 1 aromatic carbocycles. The Morgan fingerprint density at radius 3 is 2.19 bits per heavy atom. The van der Waals surface area contributed by atoms with Gasteiger partial charge in [0, 0.05) is 16.5 Å². The SMILES string of the molecule is CCCC(C(=O)NNC(=O)c1ccc(Cl)cc1)C(C)(C)C. The van der Waals surface area contributed by atoms with E-state index in [2.05, 4.69) is 10.9 Å². The molecule has 0 aliphatic heterocycles. The summed E-state index contributed by atoms with van der Waals surface area (Å²) in [6.45, 7) is 8.11. The van der Waals surface area contributed by atoms with E-state index in [1.165, 1.54) is 0 Å². The van der Waals surface area contributed by atoms with Crippen molar-refractivity contribution in [2.75, 3.05) is 0 Å². The van der Waals surface area contributed by atoms with Gasteiger partial charge in [-0.05, 0) is 36.1 Å². The summed E-state index contributed by atoms with van der Waals surface area (Å²) in [6.07, 6.45) is 1.70. The van der Waals surface area contributed by atoms with Crippen LogP contribution < -0.4 is 10.9 Å². The van der Waals surface area contributed by atoms with E-state index in [-0.39, 0.29) is 23.1 Å². The lowest BCUT2D eigenvalue weighted by atomic mass is 9.78. The fourth-order valence-electron chi connectivity index (χ4n) is 2.12. The van der Waals surface area contributed by atoms with E-state index in [4.69, 9.17) is 11.6 Å². The van der Waals surface area contributed by atoms with Crippen molar-refractivity contribution in [2.45, 2.75) is 40.5 Å². The lowest BCUT2D eigenvalue weighted by Crippen LogP contribution is -2.47. The Morgan fingerprint density at radius 2 is 1.71 bits per heavy atom. The van der Waals surface area contributed by atoms with Gasteiger partial charge in [-0.15, -0.1) is 0 Å². The van der Waals surface area contributed by atoms with Crippen molar-refractivity contribution >= 4 is 23.4 Å². The first-order chi connectivity index (χ1) is 9.75. The number of rotatable bonds is 4. The summed E-state index contributed by atoms with van der Waals surface area (Å²) < 4.78 is 0. The number of carbonyl (C=O) groups excluding carboxylic acids is 2. The summed E-state index contributed by atoms with van der Waals surface area (Å²) in [7, 11) is 0. The van der Waals surface area contributed by atoms with Crippen LogP contribution in [0.25, 0.3) is 0 Å². The highest BCUT2D eigenvalue weighted by molar-refractivity contribution is 6.30. The third-order valence-corrected chi connectivity index (χ3v) is 3.60. The number of halogens is 1. The van der Waals surface area contributed by atoms with E-state index in [1.807, 2.05) is 27.7 Å². The van der Waals surface area contributed by atoms with Gasteiger partial charge in [-0.3, -0.25) is 20.4 Å². The van der Waals surface area contributed by atoms with Crippen molar-refractivity contribution in [3.63, 3.8) is 0 Å². The number of hydrogen-bond donors (Lipinski definition) is 2. The van der Waals surface area contributed by atoms with Gasteiger partial charge in [-0.2, -0.15) is 0 Å². The zero-order valence-electron chi connectivity index (χ0n) is 13.0. The van der Waals surface area contributed by atoms with E-state index in [0.29, 0.717) is 10.6 Å². The lowest BCUT2D eigenvalue weighted by molar-refractivity contribution is -0.129. The molecule has 1 rings (SSSR count). The van der Waals surface area contributed by atoms with E-state index < -0.39 is 0 Å². The van der Waals surface area contributed by atoms with Crippen molar-refractivity contribution < 1.29 is 9.59 Å². The first kappa shape index (κ1) is 17.5. The second-order valence-electron chi connectivity index (χ2n) is 6.16. The molecule has 4 nitrogen and oxygen atoms in total. The maximum atomic E-state index is 12.2. The van der Waals surface area contributed by atoms with Crippen LogP contribution in [0.3, 0.4) is 0 Å². The Balaban J connectivity index is 2.62. The average molecular weight is 311 g/mol. The predicted molar refractivity (Wildman–Crippen MR) is 84.9 cm³/mol. The molecule has 2 N–H and O–H groups in total. The molecule has 0 heterocycles. The van der Waals surface area contributed by atoms with Gasteiger partial charge in [0.05, 0.1) is 0 Å². The van der Waals surface area contributed by atoms with Crippen LogP contribution in [-0.4, -0.2) is 11.8 Å². The van der Waals surface area contributed by atoms with E-state index in [9.17, 15) is 9.59 Å². The minimum atomic E-state index is -0.357. The van der Waals surface area contributed by atoms with Gasteiger partial charge < -0.3 is 0 Å². The van der Waals surface area contributed by atoms with Crippen molar-refractivity contribution in [1.29, 1.82) is 0 Å². The number of amides is 2. The number of carbonyl (C=O) groups is 2. The molecule has 1 aromatic rings. The Hall–Kier alpha value is -1.55. The van der Waals surface area contributed by atoms with Crippen LogP contribution >= 0.6 is 11.6 Å². The minimum Gasteiger partial charge on any atom is -0.273 e. The van der Waals surface area contributed by atoms with Crippen LogP contribution in [0, 0.1) is 11.3 Å². The van der Waals surface area contributed by atoms with Crippen LogP contribution in [0.5, 0.6) is 0 Å². The van der Waals surface area contributed by atoms with Gasteiger partial charge in [0.25, 0.3) is 5.91 Å². The van der Waals surface area contributed by atoms with Crippen molar-refractivity contribution in [3.8, 4) is 0 Å². The molecule has 0 aliphatic carbocycles. The largest absolute Gasteiger partial charge is 0.273 e. The van der Waals surface area contributed by atoms with E-state index in [0.717, 1.165) is 12.8 Å². The molecule has 5 heteroatoms. The maximum Gasteiger partial charge on any atom is 0.269 e. The van der Waals surface area contributed by atoms with Gasteiger partial charge in [0.1, 0.15) is 0 Å². The molecule has 0 spiro atoms. The molecule has 0 radical (unpaired) electrons. The van der Waals surface area contributed by atoms with Crippen molar-refractivity contribution in [2.24, 2.45) is 11.3 Å². The highest BCUT2D eigenvalue weighted by atomic mass is 35.5. The molecule has 116 valence electrons. The van der Waals surface area contributed by atoms with Crippen LogP contribution in [0.2, 0.25) is 5.02 Å². The second kappa shape index (κ2) is 7.46. The number of hydrazine groups is 1. The lowest BCUT2D eigenvalue weighted by Gasteiger charge is -2.29. The van der Waals surface area contributed by atoms with Crippen LogP contribution in [0.1, 0.15) is 50.9 Å². The summed E-state index contributed by atoms with van der Waals surface area (Å²) in [5, 5.41) is 0.561. The van der Waals surface area contributed by atoms with E-state index in [1.54, 1.807) is 24.3 Å². The van der Waals surface area contributed by atoms with Gasteiger partial charge in [0.2, 0.25) is 5.91 Å². The molecule has 0 bridgehead atoms. The van der Waals surface area contributed by atoms with Gasteiger partial charge in [-0.25, -0.2) is 0 Å². The molecule has 0 aliphatic rings. The first-order valence-electron chi connectivity index (χ1n) is 7.11. The van der Waals surface area contributed by atoms with Gasteiger partial charge >= 0.3 is 0 Å². The van der Waals surface area contributed by atoms with Crippen molar-refractivity contribution in [1.82, 2.24) is 10.9 Å². The van der Waals surface area contributed by atoms with Crippen molar-refractivity contribution in [3.05, 3.63) is 34.9 Å². The number of hydrogen-bond acceptors (Lipinski definition) is 2. The monoisotopic (exact) mass is 310 g/mol. The topological polar surface area (TPSA) is 58.2 Å². The van der Waals surface area contributed by atoms with Crippen LogP contribution in [0.15, 0.2) is 24.3 Å². The highest BCUT2D eigenvalue weighted by Gasteiger charge is 2.30. The Labute approximate surface area is 131 Å². The average Bonchev–Trinajstić information content (AvgIpc) is 2.41. The summed E-state index contributed by atoms with van der Waals surface area (Å²) in [5.41, 5.74) is 5.26. The second-order valence-corrected chi connectivity index (χ2v) is 6.59. The quantitative estimate of drug-likeness (QED) is 0.835. The maximum absolute atomic E-state index is 12.2. The molecule has 2 amide bonds. The molecule has 0 aromatic heterocycles. The number of benzene rings is 1. The smallest absolute Gasteiger partial charge is 0.269 e. The summed E-state index contributed by atoms with van der Waals surface area (Å²) in [6, 6.07) is 6.48. The molecule has 1 unspecified atom stereocenters. The minimum absolute atomic E-state index is 0.145. The third kappa shape index (κ3) is 5.38. The Morgan fingerprint density at radius 1 is 1.14 bits per heavy atom. The fraction of sp³-hybridized carbons (Fsp3) is 0.500. The first-order valence-corrected chi connectivity index (χ1v) is 7.49. The summed E-state index contributed by atoms with van der Waals surface area (Å²) >= 11 is 5.77. The Bertz CT molecular complexity index is 492. The highest BCUT2D eigenvalue weighted by Crippen LogP contribution is 2.29.